The second-order valence-corrected chi connectivity index (χ2v) is 4.09. The summed E-state index contributed by atoms with van der Waals surface area (Å²) in [6.07, 6.45) is 1.19. The lowest BCUT2D eigenvalue weighted by Crippen LogP contribution is -2.48. The summed E-state index contributed by atoms with van der Waals surface area (Å²) in [7, 11) is 0. The van der Waals surface area contributed by atoms with Gasteiger partial charge in [0.2, 0.25) is 0 Å². The predicted molar refractivity (Wildman–Crippen MR) is 59.3 cm³/mol. The van der Waals surface area contributed by atoms with Gasteiger partial charge in [0.05, 0.1) is 12.5 Å². The highest BCUT2D eigenvalue weighted by Gasteiger charge is 2.34. The third-order valence-electron chi connectivity index (χ3n) is 2.79. The summed E-state index contributed by atoms with van der Waals surface area (Å²) in [6, 6.07) is 0. The summed E-state index contributed by atoms with van der Waals surface area (Å²) in [5, 5.41) is 18.1. The van der Waals surface area contributed by atoms with Crippen LogP contribution in [0.3, 0.4) is 0 Å². The van der Waals surface area contributed by atoms with Crippen LogP contribution in [-0.2, 0) is 4.79 Å². The first-order valence-electron chi connectivity index (χ1n) is 5.39. The van der Waals surface area contributed by atoms with Gasteiger partial charge in [0, 0.05) is 11.5 Å². The van der Waals surface area contributed by atoms with Gasteiger partial charge in [-0.05, 0) is 26.2 Å². The number of carbonyl (C=O) groups is 1. The fourth-order valence-electron chi connectivity index (χ4n) is 1.90. The molecule has 4 heteroatoms. The van der Waals surface area contributed by atoms with E-state index in [9.17, 15) is 9.90 Å². The number of carboxylic acids is 1. The largest absolute Gasteiger partial charge is 0.481 e. The summed E-state index contributed by atoms with van der Waals surface area (Å²) in [5.41, 5.74) is 5.49. The van der Waals surface area contributed by atoms with Crippen molar-refractivity contribution < 1.29 is 15.0 Å². The highest BCUT2D eigenvalue weighted by molar-refractivity contribution is 5.69. The topological polar surface area (TPSA) is 83.5 Å². The minimum Gasteiger partial charge on any atom is -0.481 e. The molecule has 2 atom stereocenters. The first-order chi connectivity index (χ1) is 6.85. The molecule has 0 fully saturated rings. The van der Waals surface area contributed by atoms with E-state index in [1.807, 2.05) is 13.8 Å². The molecule has 0 amide bonds. The van der Waals surface area contributed by atoms with Crippen LogP contribution in [0.25, 0.3) is 0 Å². The minimum absolute atomic E-state index is 0.00639. The Morgan fingerprint density at radius 3 is 2.27 bits per heavy atom. The Hall–Kier alpha value is -0.610. The van der Waals surface area contributed by atoms with Crippen molar-refractivity contribution in [1.29, 1.82) is 0 Å². The molecular formula is C11H22NO3. The van der Waals surface area contributed by atoms with Crippen LogP contribution >= 0.6 is 0 Å². The van der Waals surface area contributed by atoms with Crippen LogP contribution in [0.5, 0.6) is 0 Å². The molecule has 0 aliphatic rings. The lowest BCUT2D eigenvalue weighted by molar-refractivity contribution is -0.137. The Labute approximate surface area is 91.5 Å². The molecule has 0 saturated carbocycles. The van der Waals surface area contributed by atoms with Gasteiger partial charge in [-0.3, -0.25) is 4.79 Å². The Kier molecular flexibility index (Phi) is 5.83. The molecule has 1 radical (unpaired) electrons. The third kappa shape index (κ3) is 4.62. The normalized spacial score (nSPS) is 17.5. The molecule has 0 aromatic heterocycles. The van der Waals surface area contributed by atoms with E-state index < -0.39 is 17.6 Å². The lowest BCUT2D eigenvalue weighted by Gasteiger charge is -2.36. The van der Waals surface area contributed by atoms with Gasteiger partial charge in [0.1, 0.15) is 0 Å². The second kappa shape index (κ2) is 6.08. The van der Waals surface area contributed by atoms with Gasteiger partial charge < -0.3 is 15.9 Å². The fourth-order valence-corrected chi connectivity index (χ4v) is 1.90. The molecule has 0 heterocycles. The molecule has 4 nitrogen and oxygen atoms in total. The van der Waals surface area contributed by atoms with Crippen LogP contribution in [0.4, 0.5) is 0 Å². The number of aliphatic carboxylic acids is 1. The molecule has 4 N–H and O–H groups in total. The summed E-state index contributed by atoms with van der Waals surface area (Å²) in [6.45, 7) is 5.49. The summed E-state index contributed by atoms with van der Waals surface area (Å²) >= 11 is 0. The van der Waals surface area contributed by atoms with E-state index in [1.54, 1.807) is 6.92 Å². The van der Waals surface area contributed by atoms with Crippen molar-refractivity contribution in [3.8, 4) is 0 Å². The summed E-state index contributed by atoms with van der Waals surface area (Å²) in [5.74, 6) is -0.0564. The van der Waals surface area contributed by atoms with Crippen molar-refractivity contribution in [2.24, 2.45) is 5.73 Å². The summed E-state index contributed by atoms with van der Waals surface area (Å²) < 4.78 is 0. The zero-order chi connectivity index (χ0) is 12.1. The quantitative estimate of drug-likeness (QED) is 0.599. The van der Waals surface area contributed by atoms with Crippen molar-refractivity contribution in [2.75, 3.05) is 0 Å². The Morgan fingerprint density at radius 2 is 2.00 bits per heavy atom. The van der Waals surface area contributed by atoms with Gasteiger partial charge in [-0.25, -0.2) is 0 Å². The molecule has 0 aromatic carbocycles. The van der Waals surface area contributed by atoms with Crippen molar-refractivity contribution in [3.63, 3.8) is 0 Å². The van der Waals surface area contributed by atoms with E-state index in [2.05, 4.69) is 0 Å². The molecule has 0 saturated heterocycles. The molecule has 0 rings (SSSR count). The number of hydrogen-bond donors (Lipinski definition) is 3. The molecule has 0 aliphatic heterocycles. The fraction of sp³-hybridized carbons (Fsp3) is 0.818. The maximum Gasteiger partial charge on any atom is 0.304 e. The van der Waals surface area contributed by atoms with E-state index in [0.29, 0.717) is 19.3 Å². The van der Waals surface area contributed by atoms with Crippen LogP contribution in [0.2, 0.25) is 0 Å². The minimum atomic E-state index is -0.860. The Bertz CT molecular complexity index is 206. The molecular weight excluding hydrogens is 194 g/mol. The van der Waals surface area contributed by atoms with E-state index in [4.69, 9.17) is 10.8 Å². The third-order valence-corrected chi connectivity index (χ3v) is 2.79. The standard InChI is InChI=1S/C11H22NO3/c1-4-9(6-10(14)15)11(12,5-2)7-8(3)13/h8,13H,4-7,12H2,1-3H3,(H,14,15). The molecule has 0 spiro atoms. The van der Waals surface area contributed by atoms with Gasteiger partial charge in [-0.1, -0.05) is 13.8 Å². The van der Waals surface area contributed by atoms with E-state index >= 15 is 0 Å². The van der Waals surface area contributed by atoms with Crippen LogP contribution in [-0.4, -0.2) is 27.8 Å². The molecule has 15 heavy (non-hydrogen) atoms. The lowest BCUT2D eigenvalue weighted by atomic mass is 9.75. The Balaban J connectivity index is 4.63. The molecule has 0 aliphatic carbocycles. The zero-order valence-electron chi connectivity index (χ0n) is 9.79. The second-order valence-electron chi connectivity index (χ2n) is 4.09. The van der Waals surface area contributed by atoms with Crippen molar-refractivity contribution >= 4 is 5.97 Å². The molecule has 89 valence electrons. The van der Waals surface area contributed by atoms with Crippen molar-refractivity contribution in [1.82, 2.24) is 0 Å². The highest BCUT2D eigenvalue weighted by atomic mass is 16.4. The first kappa shape index (κ1) is 14.4. The maximum absolute atomic E-state index is 10.7. The van der Waals surface area contributed by atoms with Crippen LogP contribution < -0.4 is 5.73 Å². The summed E-state index contributed by atoms with van der Waals surface area (Å²) in [4.78, 5) is 10.7. The number of rotatable bonds is 7. The van der Waals surface area contributed by atoms with Gasteiger partial charge in [-0.15, -0.1) is 0 Å². The van der Waals surface area contributed by atoms with E-state index in [0.717, 1.165) is 5.92 Å². The number of aliphatic hydroxyl groups excluding tert-OH is 1. The van der Waals surface area contributed by atoms with Crippen LogP contribution in [0.15, 0.2) is 0 Å². The van der Waals surface area contributed by atoms with Crippen molar-refractivity contribution in [2.45, 2.75) is 58.1 Å². The van der Waals surface area contributed by atoms with E-state index in [1.165, 1.54) is 0 Å². The monoisotopic (exact) mass is 216 g/mol. The average Bonchev–Trinajstić information content (AvgIpc) is 2.12. The number of aliphatic hydroxyl groups is 1. The van der Waals surface area contributed by atoms with Crippen molar-refractivity contribution in [3.05, 3.63) is 5.92 Å². The number of carboxylic acid groups (broad SMARTS) is 1. The SMILES string of the molecule is CC[C](CC(=O)O)C(N)(CC)CC(C)O. The average molecular weight is 216 g/mol. The first-order valence-corrected chi connectivity index (χ1v) is 5.39. The molecule has 0 aromatic rings. The van der Waals surface area contributed by atoms with Crippen LogP contribution in [0.1, 0.15) is 46.5 Å². The number of hydrogen-bond acceptors (Lipinski definition) is 3. The van der Waals surface area contributed by atoms with Gasteiger partial charge >= 0.3 is 5.97 Å². The van der Waals surface area contributed by atoms with Crippen LogP contribution in [0, 0.1) is 5.92 Å². The predicted octanol–water partition coefficient (Wildman–Crippen LogP) is 1.32. The van der Waals surface area contributed by atoms with Gasteiger partial charge in [0.15, 0.2) is 0 Å². The molecule has 0 bridgehead atoms. The highest BCUT2D eigenvalue weighted by Crippen LogP contribution is 2.31. The maximum atomic E-state index is 10.7. The van der Waals surface area contributed by atoms with E-state index in [-0.39, 0.29) is 6.42 Å². The molecule has 2 unspecified atom stereocenters. The Morgan fingerprint density at radius 1 is 1.47 bits per heavy atom. The zero-order valence-corrected chi connectivity index (χ0v) is 9.79. The van der Waals surface area contributed by atoms with Gasteiger partial charge in [0.25, 0.3) is 0 Å². The van der Waals surface area contributed by atoms with Gasteiger partial charge in [-0.2, -0.15) is 0 Å². The smallest absolute Gasteiger partial charge is 0.304 e. The number of nitrogens with two attached hydrogens (primary N) is 1.